The van der Waals surface area contributed by atoms with Crippen LogP contribution in [0.5, 0.6) is 5.75 Å². The second kappa shape index (κ2) is 10.8. The van der Waals surface area contributed by atoms with Crippen LogP contribution in [0.3, 0.4) is 0 Å². The SMILES string of the molecule is O[C@@H](CNCCOc1ccc(-c2csc(-c3ccc(C(F)(F)F)cc3)n2)cc1)c1cccnc1. The van der Waals surface area contributed by atoms with Crippen LogP contribution in [-0.4, -0.2) is 34.8 Å². The van der Waals surface area contributed by atoms with E-state index in [4.69, 9.17) is 4.74 Å². The molecular formula is C25H22F3N3O2S. The number of nitrogens with one attached hydrogen (secondary N) is 1. The Morgan fingerprint density at radius 2 is 1.74 bits per heavy atom. The fourth-order valence-corrected chi connectivity index (χ4v) is 4.07. The second-order valence-corrected chi connectivity index (χ2v) is 8.35. The van der Waals surface area contributed by atoms with Crippen LogP contribution in [0.2, 0.25) is 0 Å². The maximum absolute atomic E-state index is 12.8. The highest BCUT2D eigenvalue weighted by atomic mass is 32.1. The predicted molar refractivity (Wildman–Crippen MR) is 126 cm³/mol. The lowest BCUT2D eigenvalue weighted by Gasteiger charge is -2.12. The smallest absolute Gasteiger partial charge is 0.416 e. The summed E-state index contributed by atoms with van der Waals surface area (Å²) in [6.07, 6.45) is -1.68. The Labute approximate surface area is 198 Å². The van der Waals surface area contributed by atoms with Crippen LogP contribution in [0.4, 0.5) is 13.2 Å². The molecule has 0 aliphatic rings. The standard InChI is InChI=1S/C25H22F3N3O2S/c26-25(27,28)20-7-3-18(4-8-20)24-31-22(16-34-24)17-5-9-21(10-6-17)33-13-12-30-15-23(32)19-2-1-11-29-14-19/h1-11,14,16,23,30,32H,12-13,15H2/t23-/m0/s1. The molecule has 0 bridgehead atoms. The van der Waals surface area contributed by atoms with E-state index < -0.39 is 17.8 Å². The highest BCUT2D eigenvalue weighted by Crippen LogP contribution is 2.33. The van der Waals surface area contributed by atoms with E-state index in [0.717, 1.165) is 29.0 Å². The lowest BCUT2D eigenvalue weighted by molar-refractivity contribution is -0.137. The summed E-state index contributed by atoms with van der Waals surface area (Å²) in [6.45, 7) is 1.41. The van der Waals surface area contributed by atoms with Gasteiger partial charge in [-0.2, -0.15) is 13.2 Å². The molecule has 0 fully saturated rings. The molecule has 1 atom stereocenters. The number of nitrogens with zero attached hydrogens (tertiary/aromatic N) is 2. The first-order chi connectivity index (χ1) is 16.4. The van der Waals surface area contributed by atoms with E-state index in [1.165, 1.54) is 23.5 Å². The van der Waals surface area contributed by atoms with Crippen molar-refractivity contribution in [2.75, 3.05) is 19.7 Å². The van der Waals surface area contributed by atoms with Crippen LogP contribution in [0.15, 0.2) is 78.4 Å². The Bertz CT molecular complexity index is 1180. The van der Waals surface area contributed by atoms with Crippen molar-refractivity contribution in [3.63, 3.8) is 0 Å². The molecule has 4 aromatic rings. The Hall–Kier alpha value is -3.27. The van der Waals surface area contributed by atoms with Crippen molar-refractivity contribution >= 4 is 11.3 Å². The van der Waals surface area contributed by atoms with Gasteiger partial charge in [0, 0.05) is 47.6 Å². The molecule has 0 radical (unpaired) electrons. The molecule has 2 heterocycles. The van der Waals surface area contributed by atoms with Gasteiger partial charge in [0.2, 0.25) is 0 Å². The predicted octanol–water partition coefficient (Wildman–Crippen LogP) is 5.59. The summed E-state index contributed by atoms with van der Waals surface area (Å²) < 4.78 is 44.0. The van der Waals surface area contributed by atoms with Gasteiger partial charge in [-0.15, -0.1) is 11.3 Å². The normalized spacial score (nSPS) is 12.5. The van der Waals surface area contributed by atoms with Crippen LogP contribution < -0.4 is 10.1 Å². The third-order valence-electron chi connectivity index (χ3n) is 5.07. The number of thiazole rings is 1. The highest BCUT2D eigenvalue weighted by Gasteiger charge is 2.30. The van der Waals surface area contributed by atoms with Gasteiger partial charge in [0.1, 0.15) is 17.4 Å². The number of ether oxygens (including phenoxy) is 1. The molecule has 0 aliphatic carbocycles. The monoisotopic (exact) mass is 485 g/mol. The van der Waals surface area contributed by atoms with Crippen LogP contribution in [0, 0.1) is 0 Å². The molecule has 2 N–H and O–H groups in total. The third-order valence-corrected chi connectivity index (χ3v) is 5.96. The van der Waals surface area contributed by atoms with E-state index in [1.54, 1.807) is 18.5 Å². The largest absolute Gasteiger partial charge is 0.492 e. The summed E-state index contributed by atoms with van der Waals surface area (Å²) in [4.78, 5) is 8.55. The quantitative estimate of drug-likeness (QED) is 0.303. The fourth-order valence-electron chi connectivity index (χ4n) is 3.23. The summed E-state index contributed by atoms with van der Waals surface area (Å²) in [5.41, 5.74) is 2.36. The Morgan fingerprint density at radius 3 is 2.41 bits per heavy atom. The van der Waals surface area contributed by atoms with Gasteiger partial charge < -0.3 is 15.2 Å². The number of halogens is 3. The number of benzene rings is 2. The molecule has 2 aromatic heterocycles. The number of hydrogen-bond acceptors (Lipinski definition) is 6. The molecular weight excluding hydrogens is 463 g/mol. The van der Waals surface area contributed by atoms with Crippen molar-refractivity contribution in [2.45, 2.75) is 12.3 Å². The summed E-state index contributed by atoms with van der Waals surface area (Å²) in [5, 5.41) is 15.8. The van der Waals surface area contributed by atoms with Gasteiger partial charge in [0.25, 0.3) is 0 Å². The minimum absolute atomic E-state index is 0.402. The number of rotatable bonds is 9. The molecule has 2 aromatic carbocycles. The van der Waals surface area contributed by atoms with Crippen molar-refractivity contribution in [1.82, 2.24) is 15.3 Å². The van der Waals surface area contributed by atoms with E-state index in [2.05, 4.69) is 15.3 Å². The van der Waals surface area contributed by atoms with Crippen LogP contribution in [0.25, 0.3) is 21.8 Å². The molecule has 0 spiro atoms. The van der Waals surface area contributed by atoms with E-state index in [-0.39, 0.29) is 0 Å². The van der Waals surface area contributed by atoms with Crippen LogP contribution in [-0.2, 0) is 6.18 Å². The van der Waals surface area contributed by atoms with E-state index in [0.29, 0.717) is 36.0 Å². The zero-order valence-corrected chi connectivity index (χ0v) is 18.8. The molecule has 0 unspecified atom stereocenters. The van der Waals surface area contributed by atoms with Gasteiger partial charge in [-0.25, -0.2) is 4.98 Å². The molecule has 0 saturated heterocycles. The maximum atomic E-state index is 12.8. The number of hydrogen-bond donors (Lipinski definition) is 2. The van der Waals surface area contributed by atoms with Crippen molar-refractivity contribution in [3.05, 3.63) is 89.6 Å². The fraction of sp³-hybridized carbons (Fsp3) is 0.200. The summed E-state index contributed by atoms with van der Waals surface area (Å²) in [6, 6.07) is 16.1. The molecule has 0 saturated carbocycles. The number of aliphatic hydroxyl groups is 1. The van der Waals surface area contributed by atoms with Crippen molar-refractivity contribution in [2.24, 2.45) is 0 Å². The first-order valence-corrected chi connectivity index (χ1v) is 11.4. The first-order valence-electron chi connectivity index (χ1n) is 10.6. The Balaban J connectivity index is 1.26. The van der Waals surface area contributed by atoms with Crippen LogP contribution >= 0.6 is 11.3 Å². The van der Waals surface area contributed by atoms with Gasteiger partial charge >= 0.3 is 6.18 Å². The molecule has 5 nitrogen and oxygen atoms in total. The Morgan fingerprint density at radius 1 is 1.00 bits per heavy atom. The molecule has 176 valence electrons. The summed E-state index contributed by atoms with van der Waals surface area (Å²) in [7, 11) is 0. The topological polar surface area (TPSA) is 67.3 Å². The summed E-state index contributed by atoms with van der Waals surface area (Å²) in [5.74, 6) is 0.705. The van der Waals surface area contributed by atoms with Crippen molar-refractivity contribution in [1.29, 1.82) is 0 Å². The van der Waals surface area contributed by atoms with E-state index in [1.807, 2.05) is 35.7 Å². The average molecular weight is 486 g/mol. The zero-order valence-electron chi connectivity index (χ0n) is 18.0. The molecule has 0 amide bonds. The summed E-state index contributed by atoms with van der Waals surface area (Å²) >= 11 is 1.38. The molecule has 4 rings (SSSR count). The minimum atomic E-state index is -4.35. The zero-order chi connectivity index (χ0) is 24.0. The van der Waals surface area contributed by atoms with Gasteiger partial charge in [-0.3, -0.25) is 4.98 Å². The number of alkyl halides is 3. The minimum Gasteiger partial charge on any atom is -0.492 e. The third kappa shape index (κ3) is 6.19. The van der Waals surface area contributed by atoms with Crippen molar-refractivity contribution in [3.8, 4) is 27.6 Å². The molecule has 0 aliphatic heterocycles. The van der Waals surface area contributed by atoms with Gasteiger partial charge in [-0.1, -0.05) is 18.2 Å². The first kappa shape index (κ1) is 23.9. The number of aliphatic hydroxyl groups excluding tert-OH is 1. The lowest BCUT2D eigenvalue weighted by atomic mass is 10.1. The van der Waals surface area contributed by atoms with E-state index in [9.17, 15) is 18.3 Å². The molecule has 9 heteroatoms. The maximum Gasteiger partial charge on any atom is 0.416 e. The van der Waals surface area contributed by atoms with Crippen LogP contribution in [0.1, 0.15) is 17.2 Å². The van der Waals surface area contributed by atoms with Gasteiger partial charge in [0.05, 0.1) is 17.4 Å². The van der Waals surface area contributed by atoms with Gasteiger partial charge in [-0.05, 0) is 42.5 Å². The second-order valence-electron chi connectivity index (χ2n) is 7.49. The Kier molecular flexibility index (Phi) is 7.56. The van der Waals surface area contributed by atoms with Crippen molar-refractivity contribution < 1.29 is 23.0 Å². The lowest BCUT2D eigenvalue weighted by Crippen LogP contribution is -2.26. The van der Waals surface area contributed by atoms with Gasteiger partial charge in [0.15, 0.2) is 0 Å². The number of pyridine rings is 1. The van der Waals surface area contributed by atoms with E-state index >= 15 is 0 Å². The molecule has 34 heavy (non-hydrogen) atoms. The average Bonchev–Trinajstić information content (AvgIpc) is 3.34. The number of aromatic nitrogens is 2. The highest BCUT2D eigenvalue weighted by molar-refractivity contribution is 7.13.